The third-order valence-corrected chi connectivity index (χ3v) is 5.44. The molecule has 0 unspecified atom stereocenters. The molecular weight excluding hydrogens is 320 g/mol. The lowest BCUT2D eigenvalue weighted by Crippen LogP contribution is -2.52. The summed E-state index contributed by atoms with van der Waals surface area (Å²) in [5, 5.41) is 9.43. The quantitative estimate of drug-likeness (QED) is 0.751. The monoisotopic (exact) mass is 338 g/mol. The molecule has 0 bridgehead atoms. The van der Waals surface area contributed by atoms with Gasteiger partial charge in [-0.05, 0) is 37.8 Å². The summed E-state index contributed by atoms with van der Waals surface area (Å²) < 4.78 is 1.65. The Labute approximate surface area is 143 Å². The van der Waals surface area contributed by atoms with E-state index in [9.17, 15) is 9.59 Å². The van der Waals surface area contributed by atoms with Gasteiger partial charge in [0.25, 0.3) is 11.5 Å². The van der Waals surface area contributed by atoms with E-state index in [0.29, 0.717) is 30.3 Å². The second-order valence-electron chi connectivity index (χ2n) is 6.95. The van der Waals surface area contributed by atoms with E-state index < -0.39 is 5.66 Å². The van der Waals surface area contributed by atoms with Crippen LogP contribution in [0.5, 0.6) is 0 Å². The number of amides is 1. The van der Waals surface area contributed by atoms with Gasteiger partial charge in [-0.1, -0.05) is 0 Å². The molecule has 2 aromatic rings. The number of anilines is 2. The van der Waals surface area contributed by atoms with Crippen LogP contribution in [0, 0.1) is 6.92 Å². The van der Waals surface area contributed by atoms with Gasteiger partial charge in [-0.15, -0.1) is 0 Å². The van der Waals surface area contributed by atoms with Gasteiger partial charge in [-0.2, -0.15) is 0 Å². The van der Waals surface area contributed by atoms with E-state index in [1.807, 2.05) is 6.92 Å². The van der Waals surface area contributed by atoms with E-state index in [0.717, 1.165) is 36.1 Å². The minimum atomic E-state index is -0.541. The first-order valence-electron chi connectivity index (χ1n) is 8.49. The fourth-order valence-electron chi connectivity index (χ4n) is 4.04. The van der Waals surface area contributed by atoms with Crippen molar-refractivity contribution in [2.24, 2.45) is 0 Å². The highest BCUT2D eigenvalue weighted by Crippen LogP contribution is 2.41. The van der Waals surface area contributed by atoms with Crippen LogP contribution in [0.2, 0.25) is 0 Å². The van der Waals surface area contributed by atoms with E-state index in [4.69, 9.17) is 0 Å². The third kappa shape index (κ3) is 1.91. The van der Waals surface area contributed by atoms with Crippen LogP contribution in [0.25, 0.3) is 0 Å². The average Bonchev–Trinajstić information content (AvgIpc) is 3.15. The zero-order chi connectivity index (χ0) is 17.2. The maximum absolute atomic E-state index is 13.1. The summed E-state index contributed by atoms with van der Waals surface area (Å²) in [6.07, 6.45) is 4.10. The van der Waals surface area contributed by atoms with Crippen molar-refractivity contribution in [1.82, 2.24) is 25.2 Å². The van der Waals surface area contributed by atoms with E-state index in [1.165, 1.54) is 6.33 Å². The molecule has 8 nitrogen and oxygen atoms in total. The van der Waals surface area contributed by atoms with E-state index in [1.54, 1.807) is 10.6 Å². The summed E-state index contributed by atoms with van der Waals surface area (Å²) in [7, 11) is 0. The first-order chi connectivity index (χ1) is 12.1. The first-order valence-corrected chi connectivity index (χ1v) is 8.49. The molecule has 3 aliphatic rings. The highest BCUT2D eigenvalue weighted by Gasteiger charge is 2.48. The summed E-state index contributed by atoms with van der Waals surface area (Å²) in [5.41, 5.74) is 2.91. The molecule has 2 aromatic heterocycles. The number of nitrogens with one attached hydrogen (secondary N) is 3. The fraction of sp³-hybridized carbons (Fsp3) is 0.412. The average molecular weight is 338 g/mol. The molecule has 4 heterocycles. The lowest BCUT2D eigenvalue weighted by atomic mass is 9.85. The van der Waals surface area contributed by atoms with Crippen molar-refractivity contribution in [2.75, 3.05) is 5.32 Å². The molecule has 1 amide bonds. The van der Waals surface area contributed by atoms with Gasteiger partial charge in [0.2, 0.25) is 0 Å². The molecule has 25 heavy (non-hydrogen) atoms. The molecule has 2 aliphatic heterocycles. The second kappa shape index (κ2) is 4.89. The molecule has 1 spiro atoms. The number of nitrogens with zero attached hydrogens (tertiary/aromatic N) is 3. The zero-order valence-electron chi connectivity index (χ0n) is 13.8. The Kier molecular flexibility index (Phi) is 2.85. The molecule has 1 fully saturated rings. The Morgan fingerprint density at radius 3 is 2.84 bits per heavy atom. The molecule has 5 rings (SSSR count). The number of rotatable bonds is 2. The van der Waals surface area contributed by atoms with Crippen molar-refractivity contribution in [3.05, 3.63) is 45.3 Å². The fourth-order valence-corrected chi connectivity index (χ4v) is 4.04. The van der Waals surface area contributed by atoms with Crippen LogP contribution in [0.15, 0.2) is 17.2 Å². The molecule has 1 aliphatic carbocycles. The summed E-state index contributed by atoms with van der Waals surface area (Å²) >= 11 is 0. The lowest BCUT2D eigenvalue weighted by Gasteiger charge is -2.39. The van der Waals surface area contributed by atoms with Crippen molar-refractivity contribution < 1.29 is 4.79 Å². The number of carbonyl (C=O) groups excluding carboxylic acids is 1. The van der Waals surface area contributed by atoms with Crippen LogP contribution >= 0.6 is 0 Å². The van der Waals surface area contributed by atoms with Gasteiger partial charge in [0.15, 0.2) is 0 Å². The molecule has 0 saturated heterocycles. The van der Waals surface area contributed by atoms with E-state index in [-0.39, 0.29) is 11.5 Å². The van der Waals surface area contributed by atoms with Gasteiger partial charge in [0, 0.05) is 18.7 Å². The van der Waals surface area contributed by atoms with Gasteiger partial charge < -0.3 is 16.0 Å². The first kappa shape index (κ1) is 14.6. The van der Waals surface area contributed by atoms with Crippen molar-refractivity contribution >= 4 is 17.4 Å². The SMILES string of the molecule is Cc1cc(Nc2ncnc3c2CNC3)c(=O)n2c1C(=O)NC21CCC1. The van der Waals surface area contributed by atoms with Crippen LogP contribution in [-0.4, -0.2) is 20.4 Å². The van der Waals surface area contributed by atoms with Gasteiger partial charge in [-0.25, -0.2) is 9.97 Å². The Bertz CT molecular complexity index is 976. The van der Waals surface area contributed by atoms with Gasteiger partial charge in [0.05, 0.1) is 5.69 Å². The molecule has 3 N–H and O–H groups in total. The van der Waals surface area contributed by atoms with E-state index >= 15 is 0 Å². The standard InChI is InChI=1S/C17H18N6O2/c1-9-5-11(21-14-10-6-18-7-12(10)19-8-20-14)16(25)23-13(9)15(24)22-17(23)3-2-4-17/h5,8,18H,2-4,6-7H2,1H3,(H,22,24)(H,19,20,21). The minimum Gasteiger partial charge on any atom is -0.335 e. The van der Waals surface area contributed by atoms with Crippen LogP contribution in [0.4, 0.5) is 11.5 Å². The Morgan fingerprint density at radius 2 is 2.08 bits per heavy atom. The van der Waals surface area contributed by atoms with Crippen LogP contribution in [-0.2, 0) is 18.8 Å². The summed E-state index contributed by atoms with van der Waals surface area (Å²) in [5.74, 6) is 0.486. The predicted molar refractivity (Wildman–Crippen MR) is 90.6 cm³/mol. The van der Waals surface area contributed by atoms with Gasteiger partial charge >= 0.3 is 0 Å². The van der Waals surface area contributed by atoms with Crippen LogP contribution in [0.1, 0.15) is 46.6 Å². The summed E-state index contributed by atoms with van der Waals surface area (Å²) in [6.45, 7) is 3.24. The third-order valence-electron chi connectivity index (χ3n) is 5.44. The highest BCUT2D eigenvalue weighted by atomic mass is 16.2. The zero-order valence-corrected chi connectivity index (χ0v) is 13.8. The molecule has 0 atom stereocenters. The molecule has 128 valence electrons. The highest BCUT2D eigenvalue weighted by molar-refractivity contribution is 5.97. The minimum absolute atomic E-state index is 0.159. The number of fused-ring (bicyclic) bond motifs is 3. The molecule has 8 heteroatoms. The number of aromatic nitrogens is 3. The normalized spacial score (nSPS) is 19.3. The second-order valence-corrected chi connectivity index (χ2v) is 6.95. The predicted octanol–water partition coefficient (Wildman–Crippen LogP) is 0.874. The van der Waals surface area contributed by atoms with Crippen molar-refractivity contribution in [2.45, 2.75) is 44.9 Å². The largest absolute Gasteiger partial charge is 0.335 e. The number of aryl methyl sites for hydroxylation is 1. The number of hydrogen-bond acceptors (Lipinski definition) is 6. The number of hydrogen-bond donors (Lipinski definition) is 3. The summed E-state index contributed by atoms with van der Waals surface area (Å²) in [6, 6.07) is 1.74. The maximum Gasteiger partial charge on any atom is 0.276 e. The van der Waals surface area contributed by atoms with Gasteiger partial charge in [-0.3, -0.25) is 14.2 Å². The molecule has 0 radical (unpaired) electrons. The van der Waals surface area contributed by atoms with Crippen LogP contribution in [0.3, 0.4) is 0 Å². The maximum atomic E-state index is 13.1. The van der Waals surface area contributed by atoms with Crippen LogP contribution < -0.4 is 21.5 Å². The molecule has 0 aromatic carbocycles. The number of pyridine rings is 1. The topological polar surface area (TPSA) is 101 Å². The van der Waals surface area contributed by atoms with Crippen molar-refractivity contribution in [3.63, 3.8) is 0 Å². The lowest BCUT2D eigenvalue weighted by molar-refractivity contribution is 0.0790. The van der Waals surface area contributed by atoms with E-state index in [2.05, 4.69) is 25.9 Å². The van der Waals surface area contributed by atoms with Crippen molar-refractivity contribution in [1.29, 1.82) is 0 Å². The smallest absolute Gasteiger partial charge is 0.276 e. The Morgan fingerprint density at radius 1 is 1.24 bits per heavy atom. The number of carbonyl (C=O) groups is 1. The molecular formula is C17H18N6O2. The van der Waals surface area contributed by atoms with Crippen molar-refractivity contribution in [3.8, 4) is 0 Å². The Balaban J connectivity index is 1.64. The molecule has 1 saturated carbocycles. The van der Waals surface area contributed by atoms with Gasteiger partial charge in [0.1, 0.15) is 29.2 Å². The Hall–Kier alpha value is -2.74. The summed E-state index contributed by atoms with van der Waals surface area (Å²) in [4.78, 5) is 34.0.